The van der Waals surface area contributed by atoms with Crippen molar-refractivity contribution in [2.24, 2.45) is 11.7 Å². The normalized spacial score (nSPS) is 18.6. The SMILES string of the molecule is NCC(O)c1cccc(OCC2CCCCC2)c1. The van der Waals surface area contributed by atoms with Crippen molar-refractivity contribution in [2.45, 2.75) is 38.2 Å². The molecular weight excluding hydrogens is 226 g/mol. The van der Waals surface area contributed by atoms with Crippen molar-refractivity contribution < 1.29 is 9.84 Å². The number of hydrogen-bond acceptors (Lipinski definition) is 3. The van der Waals surface area contributed by atoms with Gasteiger partial charge in [-0.2, -0.15) is 0 Å². The van der Waals surface area contributed by atoms with Crippen LogP contribution in [0.2, 0.25) is 0 Å². The van der Waals surface area contributed by atoms with Crippen LogP contribution in [-0.4, -0.2) is 18.3 Å². The van der Waals surface area contributed by atoms with E-state index in [0.717, 1.165) is 17.9 Å². The molecule has 3 nitrogen and oxygen atoms in total. The maximum absolute atomic E-state index is 9.69. The van der Waals surface area contributed by atoms with E-state index in [0.29, 0.717) is 5.92 Å². The summed E-state index contributed by atoms with van der Waals surface area (Å²) >= 11 is 0. The van der Waals surface area contributed by atoms with Crippen LogP contribution < -0.4 is 10.5 Å². The highest BCUT2D eigenvalue weighted by Gasteiger charge is 2.14. The molecule has 1 unspecified atom stereocenters. The molecule has 0 saturated heterocycles. The average Bonchev–Trinajstić information content (AvgIpc) is 2.45. The van der Waals surface area contributed by atoms with Gasteiger partial charge in [0.05, 0.1) is 12.7 Å². The van der Waals surface area contributed by atoms with Crippen LogP contribution in [0.5, 0.6) is 5.75 Å². The Hall–Kier alpha value is -1.06. The van der Waals surface area contributed by atoms with Gasteiger partial charge in [-0.1, -0.05) is 31.4 Å². The van der Waals surface area contributed by atoms with E-state index < -0.39 is 6.10 Å². The number of rotatable bonds is 5. The first-order valence-electron chi connectivity index (χ1n) is 6.90. The van der Waals surface area contributed by atoms with Crippen molar-refractivity contribution in [3.8, 4) is 5.75 Å². The lowest BCUT2D eigenvalue weighted by Gasteiger charge is -2.22. The highest BCUT2D eigenvalue weighted by atomic mass is 16.5. The van der Waals surface area contributed by atoms with Crippen LogP contribution in [0.25, 0.3) is 0 Å². The summed E-state index contributed by atoms with van der Waals surface area (Å²) in [5, 5.41) is 9.69. The number of hydrogen-bond donors (Lipinski definition) is 2. The zero-order chi connectivity index (χ0) is 12.8. The topological polar surface area (TPSA) is 55.5 Å². The van der Waals surface area contributed by atoms with Crippen LogP contribution in [0, 0.1) is 5.92 Å². The maximum Gasteiger partial charge on any atom is 0.119 e. The van der Waals surface area contributed by atoms with Crippen LogP contribution in [0.15, 0.2) is 24.3 Å². The van der Waals surface area contributed by atoms with E-state index in [1.807, 2.05) is 24.3 Å². The second-order valence-corrected chi connectivity index (χ2v) is 5.14. The number of benzene rings is 1. The molecule has 3 N–H and O–H groups in total. The van der Waals surface area contributed by atoms with Gasteiger partial charge in [0.15, 0.2) is 0 Å². The third-order valence-electron chi connectivity index (χ3n) is 3.68. The third kappa shape index (κ3) is 3.72. The summed E-state index contributed by atoms with van der Waals surface area (Å²) in [6.45, 7) is 1.04. The van der Waals surface area contributed by atoms with E-state index in [2.05, 4.69) is 0 Å². The minimum atomic E-state index is -0.594. The molecule has 0 amide bonds. The minimum absolute atomic E-state index is 0.242. The molecule has 1 aliphatic rings. The second kappa shape index (κ2) is 6.76. The summed E-state index contributed by atoms with van der Waals surface area (Å²) in [5.74, 6) is 1.53. The molecule has 0 bridgehead atoms. The van der Waals surface area contributed by atoms with Gasteiger partial charge in [-0.05, 0) is 36.5 Å². The van der Waals surface area contributed by atoms with Crippen LogP contribution in [0.1, 0.15) is 43.8 Å². The van der Waals surface area contributed by atoms with E-state index in [1.54, 1.807) is 0 Å². The lowest BCUT2D eigenvalue weighted by Crippen LogP contribution is -2.15. The van der Waals surface area contributed by atoms with E-state index in [-0.39, 0.29) is 6.54 Å². The van der Waals surface area contributed by atoms with Crippen molar-refractivity contribution >= 4 is 0 Å². The summed E-state index contributed by atoms with van der Waals surface area (Å²) in [5.41, 5.74) is 6.29. The van der Waals surface area contributed by atoms with Gasteiger partial charge >= 0.3 is 0 Å². The molecule has 2 rings (SSSR count). The van der Waals surface area contributed by atoms with Crippen molar-refractivity contribution in [3.63, 3.8) is 0 Å². The van der Waals surface area contributed by atoms with Crippen LogP contribution >= 0.6 is 0 Å². The second-order valence-electron chi connectivity index (χ2n) is 5.14. The number of aliphatic hydroxyl groups excluding tert-OH is 1. The molecule has 1 aliphatic carbocycles. The molecule has 1 aromatic rings. The minimum Gasteiger partial charge on any atom is -0.493 e. The van der Waals surface area contributed by atoms with Gasteiger partial charge in [-0.15, -0.1) is 0 Å². The molecule has 0 heterocycles. The van der Waals surface area contributed by atoms with Gasteiger partial charge in [0, 0.05) is 6.54 Å². The fraction of sp³-hybridized carbons (Fsp3) is 0.600. The Morgan fingerprint density at radius 1 is 1.28 bits per heavy atom. The summed E-state index contributed by atoms with van der Waals surface area (Å²) in [6.07, 6.45) is 6.01. The molecule has 1 aromatic carbocycles. The quantitative estimate of drug-likeness (QED) is 0.843. The van der Waals surface area contributed by atoms with Gasteiger partial charge in [0.1, 0.15) is 5.75 Å². The zero-order valence-corrected chi connectivity index (χ0v) is 10.8. The van der Waals surface area contributed by atoms with E-state index in [4.69, 9.17) is 10.5 Å². The lowest BCUT2D eigenvalue weighted by molar-refractivity contribution is 0.184. The highest BCUT2D eigenvalue weighted by Crippen LogP contribution is 2.25. The van der Waals surface area contributed by atoms with Gasteiger partial charge < -0.3 is 15.6 Å². The van der Waals surface area contributed by atoms with Crippen LogP contribution in [-0.2, 0) is 0 Å². The van der Waals surface area contributed by atoms with Crippen LogP contribution in [0.4, 0.5) is 0 Å². The summed E-state index contributed by atoms with van der Waals surface area (Å²) < 4.78 is 5.83. The third-order valence-corrected chi connectivity index (χ3v) is 3.68. The van der Waals surface area contributed by atoms with Crippen molar-refractivity contribution in [3.05, 3.63) is 29.8 Å². The molecule has 18 heavy (non-hydrogen) atoms. The number of ether oxygens (including phenoxy) is 1. The van der Waals surface area contributed by atoms with E-state index in [9.17, 15) is 5.11 Å². The van der Waals surface area contributed by atoms with Crippen LogP contribution in [0.3, 0.4) is 0 Å². The van der Waals surface area contributed by atoms with Gasteiger partial charge in [0.25, 0.3) is 0 Å². The Morgan fingerprint density at radius 3 is 2.78 bits per heavy atom. The first kappa shape index (κ1) is 13.4. The fourth-order valence-electron chi connectivity index (χ4n) is 2.52. The Balaban J connectivity index is 1.88. The van der Waals surface area contributed by atoms with Gasteiger partial charge in [0.2, 0.25) is 0 Å². The Bertz CT molecular complexity index is 361. The fourth-order valence-corrected chi connectivity index (χ4v) is 2.52. The molecule has 0 aliphatic heterocycles. The molecule has 100 valence electrons. The van der Waals surface area contributed by atoms with Crippen molar-refractivity contribution in [1.82, 2.24) is 0 Å². The molecular formula is C15H23NO2. The number of nitrogens with two attached hydrogens (primary N) is 1. The zero-order valence-electron chi connectivity index (χ0n) is 10.8. The Kier molecular flexibility index (Phi) is 5.02. The van der Waals surface area contributed by atoms with Gasteiger partial charge in [-0.25, -0.2) is 0 Å². The van der Waals surface area contributed by atoms with Gasteiger partial charge in [-0.3, -0.25) is 0 Å². The standard InChI is InChI=1S/C15H23NO2/c16-10-15(17)13-7-4-8-14(9-13)18-11-12-5-2-1-3-6-12/h4,7-9,12,15,17H,1-3,5-6,10-11,16H2. The average molecular weight is 249 g/mol. The van der Waals surface area contributed by atoms with Crippen molar-refractivity contribution in [2.75, 3.05) is 13.2 Å². The smallest absolute Gasteiger partial charge is 0.119 e. The largest absolute Gasteiger partial charge is 0.493 e. The molecule has 1 fully saturated rings. The molecule has 1 saturated carbocycles. The predicted octanol–water partition coefficient (Wildman–Crippen LogP) is 2.64. The first-order chi connectivity index (χ1) is 8.79. The summed E-state index contributed by atoms with van der Waals surface area (Å²) in [7, 11) is 0. The number of aliphatic hydroxyl groups is 1. The summed E-state index contributed by atoms with van der Waals surface area (Å²) in [4.78, 5) is 0. The predicted molar refractivity (Wildman–Crippen MR) is 72.5 cm³/mol. The highest BCUT2D eigenvalue weighted by molar-refractivity contribution is 5.30. The lowest BCUT2D eigenvalue weighted by atomic mass is 9.90. The first-order valence-corrected chi connectivity index (χ1v) is 6.90. The Morgan fingerprint density at radius 2 is 2.06 bits per heavy atom. The van der Waals surface area contributed by atoms with E-state index >= 15 is 0 Å². The molecule has 0 spiro atoms. The maximum atomic E-state index is 9.69. The molecule has 0 aromatic heterocycles. The monoisotopic (exact) mass is 249 g/mol. The molecule has 0 radical (unpaired) electrons. The summed E-state index contributed by atoms with van der Waals surface area (Å²) in [6, 6.07) is 7.62. The van der Waals surface area contributed by atoms with Crippen molar-refractivity contribution in [1.29, 1.82) is 0 Å². The molecule has 1 atom stereocenters. The molecule has 3 heteroatoms. The van der Waals surface area contributed by atoms with E-state index in [1.165, 1.54) is 32.1 Å². The Labute approximate surface area is 109 Å².